The molecule has 1 unspecified atom stereocenters. The number of nitrogens with one attached hydrogen (secondary N) is 1. The van der Waals surface area contributed by atoms with E-state index < -0.39 is 22.1 Å². The van der Waals surface area contributed by atoms with Gasteiger partial charge in [-0.2, -0.15) is 0 Å². The highest BCUT2D eigenvalue weighted by Crippen LogP contribution is 2.15. The van der Waals surface area contributed by atoms with Gasteiger partial charge in [-0.1, -0.05) is 37.3 Å². The summed E-state index contributed by atoms with van der Waals surface area (Å²) in [5.74, 6) is -1.00. The molecule has 0 aromatic heterocycles. The summed E-state index contributed by atoms with van der Waals surface area (Å²) in [6, 6.07) is 13.0. The highest BCUT2D eigenvalue weighted by atomic mass is 32.2. The van der Waals surface area contributed by atoms with Crippen molar-refractivity contribution in [2.75, 3.05) is 11.0 Å². The number of hydrogen-bond acceptors (Lipinski definition) is 5. The first-order valence-corrected chi connectivity index (χ1v) is 10.0. The van der Waals surface area contributed by atoms with Gasteiger partial charge < -0.3 is 4.74 Å². The van der Waals surface area contributed by atoms with Gasteiger partial charge in [0.2, 0.25) is 15.8 Å². The number of sulfonamides is 1. The van der Waals surface area contributed by atoms with Crippen molar-refractivity contribution in [3.8, 4) is 0 Å². The van der Waals surface area contributed by atoms with Crippen molar-refractivity contribution in [1.82, 2.24) is 0 Å². The average molecular weight is 375 g/mol. The van der Waals surface area contributed by atoms with E-state index in [0.717, 1.165) is 18.2 Å². The van der Waals surface area contributed by atoms with Crippen LogP contribution in [0.3, 0.4) is 0 Å². The lowest BCUT2D eigenvalue weighted by molar-refractivity contribution is 0.0319. The van der Waals surface area contributed by atoms with Crippen molar-refractivity contribution in [1.29, 1.82) is 0 Å². The number of benzene rings is 2. The summed E-state index contributed by atoms with van der Waals surface area (Å²) in [7, 11) is -3.45. The zero-order valence-electron chi connectivity index (χ0n) is 14.9. The normalized spacial score (nSPS) is 12.3. The number of aryl methyl sites for hydroxylation is 1. The fraction of sp³-hybridized carbons (Fsp3) is 0.263. The highest BCUT2D eigenvalue weighted by Gasteiger charge is 2.20. The Morgan fingerprint density at radius 1 is 1.08 bits per heavy atom. The van der Waals surface area contributed by atoms with Gasteiger partial charge >= 0.3 is 5.97 Å². The number of carbonyl (C=O) groups excluding carboxylic acids is 2. The molecular weight excluding hydrogens is 354 g/mol. The Balaban J connectivity index is 2.08. The topological polar surface area (TPSA) is 89.5 Å². The molecule has 0 saturated heterocycles. The first-order chi connectivity index (χ1) is 12.2. The Labute approximate surface area is 153 Å². The molecule has 0 saturated carbocycles. The molecule has 0 aliphatic rings. The van der Waals surface area contributed by atoms with Gasteiger partial charge in [-0.15, -0.1) is 0 Å². The fourth-order valence-corrected chi connectivity index (χ4v) is 2.90. The molecule has 7 heteroatoms. The van der Waals surface area contributed by atoms with Gasteiger partial charge in [0.05, 0.1) is 11.8 Å². The third kappa shape index (κ3) is 5.42. The molecule has 0 radical (unpaired) electrons. The number of hydrogen-bond donors (Lipinski definition) is 1. The van der Waals surface area contributed by atoms with Crippen LogP contribution >= 0.6 is 0 Å². The van der Waals surface area contributed by atoms with Gasteiger partial charge in [0.1, 0.15) is 0 Å². The molecule has 2 aromatic carbocycles. The number of ether oxygens (including phenoxy) is 1. The molecule has 0 aliphatic carbocycles. The predicted octanol–water partition coefficient (Wildman–Crippen LogP) is 3.05. The van der Waals surface area contributed by atoms with E-state index >= 15 is 0 Å². The number of anilines is 1. The molecule has 1 atom stereocenters. The summed E-state index contributed by atoms with van der Waals surface area (Å²) >= 11 is 0. The molecule has 0 bridgehead atoms. The molecule has 0 fully saturated rings. The van der Waals surface area contributed by atoms with E-state index in [2.05, 4.69) is 4.72 Å². The summed E-state index contributed by atoms with van der Waals surface area (Å²) in [6.07, 6.45) is 0.931. The van der Waals surface area contributed by atoms with Crippen LogP contribution in [0.25, 0.3) is 0 Å². The van der Waals surface area contributed by atoms with Crippen LogP contribution < -0.4 is 4.72 Å². The van der Waals surface area contributed by atoms with Crippen LogP contribution in [-0.4, -0.2) is 32.5 Å². The van der Waals surface area contributed by atoms with E-state index in [1.807, 2.05) is 19.1 Å². The summed E-state index contributed by atoms with van der Waals surface area (Å²) in [5, 5.41) is 0. The zero-order valence-corrected chi connectivity index (χ0v) is 15.7. The van der Waals surface area contributed by atoms with Crippen LogP contribution in [0.4, 0.5) is 5.69 Å². The van der Waals surface area contributed by atoms with Crippen LogP contribution in [0.1, 0.15) is 40.1 Å². The molecule has 26 heavy (non-hydrogen) atoms. The van der Waals surface area contributed by atoms with Crippen molar-refractivity contribution in [3.63, 3.8) is 0 Å². The molecule has 0 aliphatic heterocycles. The van der Waals surface area contributed by atoms with E-state index in [9.17, 15) is 18.0 Å². The predicted molar refractivity (Wildman–Crippen MR) is 99.9 cm³/mol. The standard InChI is InChI=1S/C19H21NO5S/c1-4-14-8-10-15(11-9-14)18(21)13(2)25-19(22)16-6-5-7-17(12-16)20-26(3,23)24/h5-13,20H,4H2,1-3H3. The first-order valence-electron chi connectivity index (χ1n) is 8.11. The quantitative estimate of drug-likeness (QED) is 0.593. The number of ketones is 1. The maximum absolute atomic E-state index is 12.4. The van der Waals surface area contributed by atoms with E-state index in [1.54, 1.807) is 12.1 Å². The van der Waals surface area contributed by atoms with Crippen molar-refractivity contribution >= 4 is 27.5 Å². The minimum absolute atomic E-state index is 0.152. The summed E-state index contributed by atoms with van der Waals surface area (Å²) in [5.41, 5.74) is 1.98. The summed E-state index contributed by atoms with van der Waals surface area (Å²) in [4.78, 5) is 24.7. The fourth-order valence-electron chi connectivity index (χ4n) is 2.35. The molecule has 2 aromatic rings. The maximum Gasteiger partial charge on any atom is 0.338 e. The molecule has 0 spiro atoms. The van der Waals surface area contributed by atoms with Crippen LogP contribution in [0.15, 0.2) is 48.5 Å². The summed E-state index contributed by atoms with van der Waals surface area (Å²) < 4.78 is 30.1. The molecule has 0 heterocycles. The van der Waals surface area contributed by atoms with Crippen LogP contribution in [-0.2, 0) is 21.2 Å². The molecule has 0 amide bonds. The molecule has 2 rings (SSSR count). The van der Waals surface area contributed by atoms with Gasteiger partial charge in [-0.25, -0.2) is 13.2 Å². The van der Waals surface area contributed by atoms with Crippen molar-refractivity contribution < 1.29 is 22.7 Å². The number of esters is 1. The van der Waals surface area contributed by atoms with Crippen molar-refractivity contribution in [3.05, 3.63) is 65.2 Å². The van der Waals surface area contributed by atoms with E-state index in [-0.39, 0.29) is 17.0 Å². The van der Waals surface area contributed by atoms with Gasteiger partial charge in [-0.3, -0.25) is 9.52 Å². The van der Waals surface area contributed by atoms with Gasteiger partial charge in [0.25, 0.3) is 0 Å². The molecular formula is C19H21NO5S. The summed E-state index contributed by atoms with van der Waals surface area (Å²) in [6.45, 7) is 3.53. The Bertz CT molecular complexity index is 904. The zero-order chi connectivity index (χ0) is 19.3. The second-order valence-electron chi connectivity index (χ2n) is 5.92. The third-order valence-corrected chi connectivity index (χ3v) is 4.31. The Morgan fingerprint density at radius 2 is 1.73 bits per heavy atom. The second-order valence-corrected chi connectivity index (χ2v) is 7.67. The molecule has 1 N–H and O–H groups in total. The maximum atomic E-state index is 12.4. The van der Waals surface area contributed by atoms with E-state index in [4.69, 9.17) is 4.74 Å². The van der Waals surface area contributed by atoms with Crippen LogP contribution in [0.5, 0.6) is 0 Å². The monoisotopic (exact) mass is 375 g/mol. The largest absolute Gasteiger partial charge is 0.451 e. The number of rotatable bonds is 7. The average Bonchev–Trinajstić information content (AvgIpc) is 2.59. The Morgan fingerprint density at radius 3 is 2.31 bits per heavy atom. The minimum atomic E-state index is -3.45. The minimum Gasteiger partial charge on any atom is -0.451 e. The SMILES string of the molecule is CCc1ccc(C(=O)C(C)OC(=O)c2cccc(NS(C)(=O)=O)c2)cc1. The Hall–Kier alpha value is -2.67. The first kappa shape index (κ1) is 19.7. The van der Waals surface area contributed by atoms with Crippen LogP contribution in [0.2, 0.25) is 0 Å². The Kier molecular flexibility index (Phi) is 6.15. The van der Waals surface area contributed by atoms with E-state index in [0.29, 0.717) is 5.56 Å². The van der Waals surface area contributed by atoms with Crippen molar-refractivity contribution in [2.45, 2.75) is 26.4 Å². The molecule has 138 valence electrons. The van der Waals surface area contributed by atoms with Gasteiger partial charge in [0.15, 0.2) is 6.10 Å². The second kappa shape index (κ2) is 8.14. The smallest absolute Gasteiger partial charge is 0.338 e. The van der Waals surface area contributed by atoms with E-state index in [1.165, 1.54) is 31.2 Å². The van der Waals surface area contributed by atoms with Gasteiger partial charge in [0, 0.05) is 11.3 Å². The lowest BCUT2D eigenvalue weighted by Gasteiger charge is -2.13. The van der Waals surface area contributed by atoms with Crippen molar-refractivity contribution in [2.24, 2.45) is 0 Å². The highest BCUT2D eigenvalue weighted by molar-refractivity contribution is 7.92. The molecule has 6 nitrogen and oxygen atoms in total. The van der Waals surface area contributed by atoms with Crippen LogP contribution in [0, 0.1) is 0 Å². The lowest BCUT2D eigenvalue weighted by Crippen LogP contribution is -2.24. The third-order valence-electron chi connectivity index (χ3n) is 3.70. The van der Waals surface area contributed by atoms with Gasteiger partial charge in [-0.05, 0) is 37.1 Å². The number of Topliss-reactive ketones (excluding diaryl/α,β-unsaturated/α-hetero) is 1. The number of carbonyl (C=O) groups is 2. The lowest BCUT2D eigenvalue weighted by atomic mass is 10.0.